The standard InChI is InChI=1S/C19H16N2O2S/c1-11-7-8-15-13(9-11)18(12(2)21(15)10-17(22)23)19-20-14-5-3-4-6-16(14)24-19/h3-9H,10H2,1-2H3,(H,22,23). The molecule has 0 aliphatic rings. The average molecular weight is 336 g/mol. The van der Waals surface area contributed by atoms with Gasteiger partial charge in [-0.05, 0) is 38.1 Å². The van der Waals surface area contributed by atoms with Crippen LogP contribution in [0.1, 0.15) is 11.3 Å². The van der Waals surface area contributed by atoms with E-state index in [2.05, 4.69) is 12.1 Å². The van der Waals surface area contributed by atoms with E-state index in [0.29, 0.717) is 0 Å². The summed E-state index contributed by atoms with van der Waals surface area (Å²) in [5.74, 6) is -0.841. The number of thiazole rings is 1. The molecule has 0 fully saturated rings. The SMILES string of the molecule is Cc1ccc2c(c1)c(-c1nc3ccccc3s1)c(C)n2CC(=O)O. The third kappa shape index (κ3) is 2.29. The lowest BCUT2D eigenvalue weighted by atomic mass is 10.1. The number of aryl methyl sites for hydroxylation is 1. The van der Waals surface area contributed by atoms with Crippen molar-refractivity contribution in [2.45, 2.75) is 20.4 Å². The molecule has 24 heavy (non-hydrogen) atoms. The molecule has 2 heterocycles. The molecule has 2 aromatic heterocycles. The highest BCUT2D eigenvalue weighted by Gasteiger charge is 2.19. The van der Waals surface area contributed by atoms with E-state index in [1.54, 1.807) is 11.3 Å². The number of hydrogen-bond acceptors (Lipinski definition) is 3. The number of benzene rings is 2. The molecule has 2 aromatic carbocycles. The second-order valence-electron chi connectivity index (χ2n) is 5.95. The van der Waals surface area contributed by atoms with E-state index in [1.807, 2.05) is 48.7 Å². The third-order valence-electron chi connectivity index (χ3n) is 4.28. The van der Waals surface area contributed by atoms with E-state index >= 15 is 0 Å². The van der Waals surface area contributed by atoms with Crippen molar-refractivity contribution in [3.8, 4) is 10.6 Å². The van der Waals surface area contributed by atoms with Gasteiger partial charge in [-0.3, -0.25) is 4.79 Å². The summed E-state index contributed by atoms with van der Waals surface area (Å²) in [5.41, 5.74) is 5.05. The van der Waals surface area contributed by atoms with E-state index in [1.165, 1.54) is 0 Å². The van der Waals surface area contributed by atoms with Crippen LogP contribution in [0.4, 0.5) is 0 Å². The lowest BCUT2D eigenvalue weighted by Gasteiger charge is -2.04. The normalized spacial score (nSPS) is 11.4. The molecule has 0 bridgehead atoms. The lowest BCUT2D eigenvalue weighted by Crippen LogP contribution is -2.09. The Bertz CT molecular complexity index is 1060. The van der Waals surface area contributed by atoms with Crippen molar-refractivity contribution in [3.05, 3.63) is 53.7 Å². The molecular weight excluding hydrogens is 320 g/mol. The van der Waals surface area contributed by atoms with Gasteiger partial charge in [-0.25, -0.2) is 4.98 Å². The summed E-state index contributed by atoms with van der Waals surface area (Å²) in [7, 11) is 0. The number of fused-ring (bicyclic) bond motifs is 2. The number of nitrogens with zero attached hydrogens (tertiary/aromatic N) is 2. The van der Waals surface area contributed by atoms with Crippen LogP contribution in [0.5, 0.6) is 0 Å². The van der Waals surface area contributed by atoms with Gasteiger partial charge in [-0.2, -0.15) is 0 Å². The summed E-state index contributed by atoms with van der Waals surface area (Å²) < 4.78 is 3.00. The molecule has 0 unspecified atom stereocenters. The Morgan fingerprint density at radius 1 is 1.21 bits per heavy atom. The van der Waals surface area contributed by atoms with Crippen LogP contribution in [0.2, 0.25) is 0 Å². The Morgan fingerprint density at radius 2 is 2.00 bits per heavy atom. The number of aromatic nitrogens is 2. The molecule has 4 rings (SSSR count). The van der Waals surface area contributed by atoms with Crippen molar-refractivity contribution < 1.29 is 9.90 Å². The smallest absolute Gasteiger partial charge is 0.323 e. The van der Waals surface area contributed by atoms with Crippen molar-refractivity contribution in [1.29, 1.82) is 0 Å². The van der Waals surface area contributed by atoms with Gasteiger partial charge in [0.2, 0.25) is 0 Å². The molecule has 1 N–H and O–H groups in total. The summed E-state index contributed by atoms with van der Waals surface area (Å²) in [5, 5.41) is 11.3. The Kier molecular flexibility index (Phi) is 3.39. The summed E-state index contributed by atoms with van der Waals surface area (Å²) in [6.07, 6.45) is 0. The monoisotopic (exact) mass is 336 g/mol. The van der Waals surface area contributed by atoms with Gasteiger partial charge in [0.1, 0.15) is 11.6 Å². The maximum atomic E-state index is 11.3. The molecule has 0 radical (unpaired) electrons. The van der Waals surface area contributed by atoms with Crippen LogP contribution in [0.15, 0.2) is 42.5 Å². The fourth-order valence-corrected chi connectivity index (χ4v) is 4.26. The Morgan fingerprint density at radius 3 is 2.75 bits per heavy atom. The summed E-state index contributed by atoms with van der Waals surface area (Å²) in [4.78, 5) is 16.1. The minimum absolute atomic E-state index is 0.0453. The zero-order chi connectivity index (χ0) is 16.8. The van der Waals surface area contributed by atoms with Crippen LogP contribution in [-0.4, -0.2) is 20.6 Å². The van der Waals surface area contributed by atoms with Crippen molar-refractivity contribution in [3.63, 3.8) is 0 Å². The zero-order valence-electron chi connectivity index (χ0n) is 13.4. The predicted molar refractivity (Wildman–Crippen MR) is 97.7 cm³/mol. The maximum Gasteiger partial charge on any atom is 0.323 e. The van der Waals surface area contributed by atoms with Crippen LogP contribution in [0, 0.1) is 13.8 Å². The highest BCUT2D eigenvalue weighted by atomic mass is 32.1. The summed E-state index contributed by atoms with van der Waals surface area (Å²) in [6.45, 7) is 3.97. The first-order valence-corrected chi connectivity index (χ1v) is 8.53. The second-order valence-corrected chi connectivity index (χ2v) is 6.98. The van der Waals surface area contributed by atoms with Gasteiger partial charge >= 0.3 is 5.97 Å². The van der Waals surface area contributed by atoms with Gasteiger partial charge < -0.3 is 9.67 Å². The number of carbonyl (C=O) groups is 1. The number of para-hydroxylation sites is 1. The van der Waals surface area contributed by atoms with Gasteiger partial charge in [0.15, 0.2) is 0 Å². The topological polar surface area (TPSA) is 55.1 Å². The van der Waals surface area contributed by atoms with E-state index in [9.17, 15) is 9.90 Å². The van der Waals surface area contributed by atoms with Crippen LogP contribution in [-0.2, 0) is 11.3 Å². The highest BCUT2D eigenvalue weighted by molar-refractivity contribution is 7.21. The molecule has 0 amide bonds. The van der Waals surface area contributed by atoms with E-state index < -0.39 is 5.97 Å². The van der Waals surface area contributed by atoms with Crippen molar-refractivity contribution in [2.75, 3.05) is 0 Å². The molecule has 5 heteroatoms. The van der Waals surface area contributed by atoms with Crippen LogP contribution < -0.4 is 0 Å². The minimum Gasteiger partial charge on any atom is -0.480 e. The molecule has 0 aliphatic carbocycles. The fraction of sp³-hybridized carbons (Fsp3) is 0.158. The van der Waals surface area contributed by atoms with Crippen molar-refractivity contribution in [1.82, 2.24) is 9.55 Å². The molecule has 0 saturated heterocycles. The molecule has 0 aliphatic heterocycles. The molecular formula is C19H16N2O2S. The van der Waals surface area contributed by atoms with Gasteiger partial charge in [-0.1, -0.05) is 23.8 Å². The van der Waals surface area contributed by atoms with Crippen LogP contribution >= 0.6 is 11.3 Å². The average Bonchev–Trinajstić information content (AvgIpc) is 3.06. The van der Waals surface area contributed by atoms with E-state index in [4.69, 9.17) is 4.98 Å². The first kappa shape index (κ1) is 14.9. The maximum absolute atomic E-state index is 11.3. The van der Waals surface area contributed by atoms with Crippen LogP contribution in [0.25, 0.3) is 31.7 Å². The Labute approximate surface area is 143 Å². The predicted octanol–water partition coefficient (Wildman–Crippen LogP) is 4.62. The number of aliphatic carboxylic acids is 1. The van der Waals surface area contributed by atoms with Gasteiger partial charge in [0.05, 0.1) is 10.2 Å². The number of carboxylic acid groups (broad SMARTS) is 1. The highest BCUT2D eigenvalue weighted by Crippen LogP contribution is 2.39. The lowest BCUT2D eigenvalue weighted by molar-refractivity contribution is -0.137. The zero-order valence-corrected chi connectivity index (χ0v) is 14.2. The number of rotatable bonds is 3. The first-order chi connectivity index (χ1) is 11.5. The van der Waals surface area contributed by atoms with Gasteiger partial charge in [0.25, 0.3) is 0 Å². The largest absolute Gasteiger partial charge is 0.480 e. The molecule has 4 nitrogen and oxygen atoms in total. The van der Waals surface area contributed by atoms with Gasteiger partial charge in [0, 0.05) is 22.2 Å². The van der Waals surface area contributed by atoms with Crippen molar-refractivity contribution >= 4 is 38.4 Å². The van der Waals surface area contributed by atoms with Crippen LogP contribution in [0.3, 0.4) is 0 Å². The third-order valence-corrected chi connectivity index (χ3v) is 5.33. The molecule has 0 saturated carbocycles. The molecule has 0 spiro atoms. The number of hydrogen-bond donors (Lipinski definition) is 1. The Hall–Kier alpha value is -2.66. The molecule has 0 atom stereocenters. The first-order valence-electron chi connectivity index (χ1n) is 7.72. The van der Waals surface area contributed by atoms with Crippen molar-refractivity contribution in [2.24, 2.45) is 0 Å². The molecule has 120 valence electrons. The number of carboxylic acids is 1. The molecule has 4 aromatic rings. The summed E-state index contributed by atoms with van der Waals surface area (Å²) in [6, 6.07) is 14.2. The minimum atomic E-state index is -0.841. The second kappa shape index (κ2) is 5.46. The fourth-order valence-electron chi connectivity index (χ4n) is 3.18. The van der Waals surface area contributed by atoms with E-state index in [-0.39, 0.29) is 6.54 Å². The summed E-state index contributed by atoms with van der Waals surface area (Å²) >= 11 is 1.65. The Balaban J connectivity index is 2.04. The van der Waals surface area contributed by atoms with Gasteiger partial charge in [-0.15, -0.1) is 11.3 Å². The van der Waals surface area contributed by atoms with E-state index in [0.717, 1.165) is 42.9 Å². The quantitative estimate of drug-likeness (QED) is 0.594.